The van der Waals surface area contributed by atoms with Crippen molar-refractivity contribution in [3.05, 3.63) is 24.3 Å². The summed E-state index contributed by atoms with van der Waals surface area (Å²) in [7, 11) is -3.53. The van der Waals surface area contributed by atoms with Crippen LogP contribution in [0.5, 0.6) is 0 Å². The van der Waals surface area contributed by atoms with Gasteiger partial charge in [0.1, 0.15) is 4.90 Å². The van der Waals surface area contributed by atoms with Crippen molar-refractivity contribution in [1.29, 1.82) is 0 Å². The molecule has 2 rings (SSSR count). The Kier molecular flexibility index (Phi) is 4.60. The fourth-order valence-electron chi connectivity index (χ4n) is 2.53. The average Bonchev–Trinajstić information content (AvgIpc) is 3.22. The van der Waals surface area contributed by atoms with Gasteiger partial charge in [-0.1, -0.05) is 12.1 Å². The molecule has 118 valence electrons. The summed E-state index contributed by atoms with van der Waals surface area (Å²) in [5.74, 6) is 0.510. The van der Waals surface area contributed by atoms with E-state index >= 15 is 0 Å². The molecule has 0 heterocycles. The summed E-state index contributed by atoms with van der Waals surface area (Å²) >= 11 is 0. The number of benzene rings is 1. The molecule has 5 nitrogen and oxygen atoms in total. The molecule has 1 aromatic rings. The fraction of sp³-hybridized carbons (Fsp3) is 0.600. The molecule has 0 bridgehead atoms. The van der Waals surface area contributed by atoms with Crippen LogP contribution in [0.2, 0.25) is 0 Å². The Morgan fingerprint density at radius 3 is 2.48 bits per heavy atom. The third-order valence-corrected chi connectivity index (χ3v) is 5.61. The molecule has 1 aliphatic rings. The van der Waals surface area contributed by atoms with E-state index in [0.29, 0.717) is 18.2 Å². The molecule has 0 amide bonds. The summed E-state index contributed by atoms with van der Waals surface area (Å²) in [5, 5.41) is 3.37. The van der Waals surface area contributed by atoms with E-state index in [1.54, 1.807) is 18.2 Å². The van der Waals surface area contributed by atoms with Gasteiger partial charge in [-0.25, -0.2) is 13.1 Å². The van der Waals surface area contributed by atoms with Crippen molar-refractivity contribution in [1.82, 2.24) is 4.72 Å². The Balaban J connectivity index is 2.33. The molecule has 1 aliphatic carbocycles. The summed E-state index contributed by atoms with van der Waals surface area (Å²) in [6, 6.07) is 6.84. The topological polar surface area (TPSA) is 84.2 Å². The first-order valence-corrected chi connectivity index (χ1v) is 8.86. The van der Waals surface area contributed by atoms with Gasteiger partial charge in [0.2, 0.25) is 10.0 Å². The number of hydrogen-bond donors (Lipinski definition) is 3. The van der Waals surface area contributed by atoms with Crippen LogP contribution in [-0.2, 0) is 10.0 Å². The quantitative estimate of drug-likeness (QED) is 0.718. The van der Waals surface area contributed by atoms with Crippen molar-refractivity contribution in [3.8, 4) is 0 Å². The maximum atomic E-state index is 12.4. The van der Waals surface area contributed by atoms with Gasteiger partial charge in [0.25, 0.3) is 0 Å². The fourth-order valence-corrected chi connectivity index (χ4v) is 3.94. The van der Waals surface area contributed by atoms with Crippen molar-refractivity contribution in [2.45, 2.75) is 50.1 Å². The number of rotatable bonds is 7. The number of hydrogen-bond acceptors (Lipinski definition) is 4. The molecular weight excluding hydrogens is 286 g/mol. The molecule has 1 aromatic carbocycles. The van der Waals surface area contributed by atoms with Crippen molar-refractivity contribution >= 4 is 15.7 Å². The lowest BCUT2D eigenvalue weighted by Gasteiger charge is -2.31. The van der Waals surface area contributed by atoms with E-state index in [9.17, 15) is 8.42 Å². The van der Waals surface area contributed by atoms with Crippen LogP contribution in [0.1, 0.15) is 33.6 Å². The third kappa shape index (κ3) is 3.75. The molecule has 1 fully saturated rings. The highest BCUT2D eigenvalue weighted by molar-refractivity contribution is 7.89. The molecule has 0 aromatic heterocycles. The van der Waals surface area contributed by atoms with Crippen LogP contribution in [0, 0.1) is 5.92 Å². The highest BCUT2D eigenvalue weighted by atomic mass is 32.2. The molecule has 1 atom stereocenters. The summed E-state index contributed by atoms with van der Waals surface area (Å²) in [4.78, 5) is 0.277. The Morgan fingerprint density at radius 1 is 1.33 bits per heavy atom. The standard InChI is InChI=1S/C15H25N3O2S/c1-11(2)18-21(19,20)14-7-5-4-6-13(14)17-15(3,10-16)12-8-9-12/h4-7,11-12,17-18H,8-10,16H2,1-3H3. The van der Waals surface area contributed by atoms with Crippen LogP contribution >= 0.6 is 0 Å². The Hall–Kier alpha value is -1.11. The van der Waals surface area contributed by atoms with Crippen LogP contribution in [0.25, 0.3) is 0 Å². The van der Waals surface area contributed by atoms with Crippen molar-refractivity contribution in [2.24, 2.45) is 11.7 Å². The molecule has 1 saturated carbocycles. The van der Waals surface area contributed by atoms with Crippen LogP contribution in [0.4, 0.5) is 5.69 Å². The Bertz CT molecular complexity index is 597. The third-order valence-electron chi connectivity index (χ3n) is 3.89. The first-order valence-electron chi connectivity index (χ1n) is 7.38. The number of nitrogens with two attached hydrogens (primary N) is 1. The predicted molar refractivity (Wildman–Crippen MR) is 85.7 cm³/mol. The van der Waals surface area contributed by atoms with Gasteiger partial charge in [-0.05, 0) is 51.7 Å². The van der Waals surface area contributed by atoms with Crippen LogP contribution in [0.15, 0.2) is 29.2 Å². The second-order valence-electron chi connectivity index (χ2n) is 6.29. The minimum atomic E-state index is -3.53. The highest BCUT2D eigenvalue weighted by Crippen LogP contribution is 2.41. The average molecular weight is 311 g/mol. The van der Waals surface area contributed by atoms with Crippen LogP contribution < -0.4 is 15.8 Å². The van der Waals surface area contributed by atoms with E-state index in [1.165, 1.54) is 0 Å². The normalized spacial score (nSPS) is 18.5. The molecule has 4 N–H and O–H groups in total. The lowest BCUT2D eigenvalue weighted by atomic mass is 9.95. The van der Waals surface area contributed by atoms with E-state index in [0.717, 1.165) is 12.8 Å². The predicted octanol–water partition coefficient (Wildman–Crippen LogP) is 1.91. The molecule has 0 saturated heterocycles. The molecule has 0 aliphatic heterocycles. The summed E-state index contributed by atoms with van der Waals surface area (Å²) < 4.78 is 27.5. The second kappa shape index (κ2) is 5.94. The maximum absolute atomic E-state index is 12.4. The molecule has 21 heavy (non-hydrogen) atoms. The van der Waals surface area contributed by atoms with Crippen LogP contribution in [-0.4, -0.2) is 26.5 Å². The van der Waals surface area contributed by atoms with E-state index in [2.05, 4.69) is 17.0 Å². The van der Waals surface area contributed by atoms with E-state index in [-0.39, 0.29) is 16.5 Å². The lowest BCUT2D eigenvalue weighted by Crippen LogP contribution is -2.45. The zero-order chi connectivity index (χ0) is 15.7. The van der Waals surface area contributed by atoms with Crippen molar-refractivity contribution < 1.29 is 8.42 Å². The van der Waals surface area contributed by atoms with Gasteiger partial charge in [-0.3, -0.25) is 0 Å². The maximum Gasteiger partial charge on any atom is 0.242 e. The monoisotopic (exact) mass is 311 g/mol. The number of para-hydroxylation sites is 1. The number of nitrogens with one attached hydrogen (secondary N) is 2. The molecule has 1 unspecified atom stereocenters. The second-order valence-corrected chi connectivity index (χ2v) is 7.98. The molecule has 6 heteroatoms. The first-order chi connectivity index (χ1) is 9.78. The van der Waals surface area contributed by atoms with Crippen LogP contribution in [0.3, 0.4) is 0 Å². The Labute approximate surface area is 127 Å². The highest BCUT2D eigenvalue weighted by Gasteiger charge is 2.41. The minimum Gasteiger partial charge on any atom is -0.377 e. The van der Waals surface area contributed by atoms with Gasteiger partial charge in [-0.2, -0.15) is 0 Å². The smallest absolute Gasteiger partial charge is 0.242 e. The van der Waals surface area contributed by atoms with Gasteiger partial charge in [0, 0.05) is 18.1 Å². The summed E-state index contributed by atoms with van der Waals surface area (Å²) in [5.41, 5.74) is 6.26. The van der Waals surface area contributed by atoms with E-state index in [4.69, 9.17) is 5.73 Å². The molecule has 0 radical (unpaired) electrons. The number of anilines is 1. The summed E-state index contributed by atoms with van der Waals surface area (Å²) in [6.07, 6.45) is 2.28. The van der Waals surface area contributed by atoms with Gasteiger partial charge in [0.05, 0.1) is 5.69 Å². The molecule has 0 spiro atoms. The zero-order valence-electron chi connectivity index (χ0n) is 12.9. The molecular formula is C15H25N3O2S. The van der Waals surface area contributed by atoms with Gasteiger partial charge >= 0.3 is 0 Å². The lowest BCUT2D eigenvalue weighted by molar-refractivity contribution is 0.458. The van der Waals surface area contributed by atoms with E-state index in [1.807, 2.05) is 19.9 Å². The summed E-state index contributed by atoms with van der Waals surface area (Å²) in [6.45, 7) is 6.15. The van der Waals surface area contributed by atoms with E-state index < -0.39 is 10.0 Å². The van der Waals surface area contributed by atoms with Gasteiger partial charge in [0.15, 0.2) is 0 Å². The zero-order valence-corrected chi connectivity index (χ0v) is 13.7. The SMILES string of the molecule is CC(C)NS(=O)(=O)c1ccccc1NC(C)(CN)C1CC1. The van der Waals surface area contributed by atoms with Crippen molar-refractivity contribution in [2.75, 3.05) is 11.9 Å². The minimum absolute atomic E-state index is 0.146. The first kappa shape index (κ1) is 16.3. The van der Waals surface area contributed by atoms with Crippen molar-refractivity contribution in [3.63, 3.8) is 0 Å². The van der Waals surface area contributed by atoms with Gasteiger partial charge in [-0.15, -0.1) is 0 Å². The Morgan fingerprint density at radius 2 is 1.95 bits per heavy atom. The largest absolute Gasteiger partial charge is 0.377 e. The van der Waals surface area contributed by atoms with Gasteiger partial charge < -0.3 is 11.1 Å². The number of sulfonamides is 1.